The van der Waals surface area contributed by atoms with Gasteiger partial charge >= 0.3 is 0 Å². The highest BCUT2D eigenvalue weighted by Gasteiger charge is 2.23. The first kappa shape index (κ1) is 15.3. The third-order valence-corrected chi connectivity index (χ3v) is 3.82. The van der Waals surface area contributed by atoms with E-state index in [1.165, 1.54) is 0 Å². The van der Waals surface area contributed by atoms with Crippen molar-refractivity contribution >= 4 is 21.8 Å². The van der Waals surface area contributed by atoms with Gasteiger partial charge in [-0.2, -0.15) is 0 Å². The van der Waals surface area contributed by atoms with E-state index in [0.717, 1.165) is 41.5 Å². The average Bonchev–Trinajstić information content (AvgIpc) is 3.21. The highest BCUT2D eigenvalue weighted by Crippen LogP contribution is 2.25. The molecule has 5 heteroatoms. The summed E-state index contributed by atoms with van der Waals surface area (Å²) in [7, 11) is 0. The Kier molecular flexibility index (Phi) is 5.43. The quantitative estimate of drug-likeness (QED) is 0.800. The van der Waals surface area contributed by atoms with E-state index in [-0.39, 0.29) is 18.6 Å². The van der Waals surface area contributed by atoms with Crippen molar-refractivity contribution in [3.63, 3.8) is 0 Å². The summed E-state index contributed by atoms with van der Waals surface area (Å²) in [6, 6.07) is 6.27. The van der Waals surface area contributed by atoms with Gasteiger partial charge in [0.25, 0.3) is 5.91 Å². The molecule has 1 aliphatic carbocycles. The molecule has 1 aliphatic rings. The van der Waals surface area contributed by atoms with E-state index in [9.17, 15) is 4.79 Å². The molecule has 0 spiro atoms. The molecule has 1 unspecified atom stereocenters. The molecule has 1 atom stereocenters. The molecule has 3 N–H and O–H groups in total. The summed E-state index contributed by atoms with van der Waals surface area (Å²) in [6.07, 6.45) is 3.82. The van der Waals surface area contributed by atoms with Crippen LogP contribution in [0.3, 0.4) is 0 Å². The monoisotopic (exact) mass is 340 g/mol. The van der Waals surface area contributed by atoms with Crippen LogP contribution in [-0.4, -0.2) is 24.6 Å². The Balaban J connectivity index is 1.96. The zero-order chi connectivity index (χ0) is 14.5. The molecule has 110 valence electrons. The van der Waals surface area contributed by atoms with E-state index < -0.39 is 0 Å². The first-order valence-electron chi connectivity index (χ1n) is 7.04. The average molecular weight is 341 g/mol. The number of benzene rings is 1. The Hall–Kier alpha value is -1.07. The first-order valence-corrected chi connectivity index (χ1v) is 7.84. The summed E-state index contributed by atoms with van der Waals surface area (Å²) >= 11 is 3.45. The third-order valence-electron chi connectivity index (χ3n) is 3.33. The number of hydrogen-bond donors (Lipinski definition) is 2. The molecule has 2 rings (SSSR count). The Morgan fingerprint density at radius 1 is 1.55 bits per heavy atom. The molecular weight excluding hydrogens is 320 g/mol. The summed E-state index contributed by atoms with van der Waals surface area (Å²) in [6.45, 7) is 2.12. The van der Waals surface area contributed by atoms with Gasteiger partial charge in [-0.3, -0.25) is 4.79 Å². The molecule has 0 aromatic heterocycles. The Morgan fingerprint density at radius 3 is 2.95 bits per heavy atom. The van der Waals surface area contributed by atoms with Gasteiger partial charge in [0.05, 0.1) is 0 Å². The highest BCUT2D eigenvalue weighted by molar-refractivity contribution is 9.10. The molecule has 0 saturated heterocycles. The predicted octanol–water partition coefficient (Wildman–Crippen LogP) is 2.39. The van der Waals surface area contributed by atoms with Crippen molar-refractivity contribution in [3.8, 4) is 5.75 Å². The molecule has 1 aromatic rings. The van der Waals surface area contributed by atoms with Crippen LogP contribution in [0.2, 0.25) is 0 Å². The summed E-state index contributed by atoms with van der Waals surface area (Å²) in [5.74, 6) is 0.684. The molecule has 4 nitrogen and oxygen atoms in total. The van der Waals surface area contributed by atoms with Crippen molar-refractivity contribution < 1.29 is 9.53 Å². The van der Waals surface area contributed by atoms with Crippen molar-refractivity contribution in [1.82, 2.24) is 5.32 Å². The van der Waals surface area contributed by atoms with Gasteiger partial charge in [-0.25, -0.2) is 0 Å². The van der Waals surface area contributed by atoms with Gasteiger partial charge in [0.15, 0.2) is 6.61 Å². The molecule has 1 saturated carbocycles. The maximum absolute atomic E-state index is 11.7. The van der Waals surface area contributed by atoms with Crippen LogP contribution < -0.4 is 15.8 Å². The lowest BCUT2D eigenvalue weighted by atomic mass is 10.0. The van der Waals surface area contributed by atoms with Crippen LogP contribution in [0.5, 0.6) is 5.75 Å². The van der Waals surface area contributed by atoms with E-state index in [2.05, 4.69) is 28.2 Å². The molecular formula is C15H21BrN2O2. The third kappa shape index (κ3) is 4.80. The van der Waals surface area contributed by atoms with Crippen LogP contribution in [-0.2, 0) is 11.2 Å². The van der Waals surface area contributed by atoms with E-state index in [1.54, 1.807) is 0 Å². The maximum Gasteiger partial charge on any atom is 0.258 e. The smallest absolute Gasteiger partial charge is 0.258 e. The number of rotatable bonds is 7. The molecule has 0 radical (unpaired) electrons. The molecule has 1 amide bonds. The van der Waals surface area contributed by atoms with Crippen LogP contribution in [0, 0.1) is 0 Å². The maximum atomic E-state index is 11.7. The lowest BCUT2D eigenvalue weighted by molar-refractivity contribution is -0.123. The van der Waals surface area contributed by atoms with Crippen molar-refractivity contribution in [2.75, 3.05) is 6.61 Å². The van der Waals surface area contributed by atoms with Gasteiger partial charge in [0.2, 0.25) is 0 Å². The van der Waals surface area contributed by atoms with E-state index in [4.69, 9.17) is 10.5 Å². The second-order valence-electron chi connectivity index (χ2n) is 5.25. The van der Waals surface area contributed by atoms with Gasteiger partial charge in [-0.15, -0.1) is 0 Å². The Morgan fingerprint density at radius 2 is 2.30 bits per heavy atom. The number of carbonyl (C=O) groups excluding carboxylic acids is 1. The number of nitrogens with two attached hydrogens (primary N) is 1. The number of amides is 1. The fourth-order valence-corrected chi connectivity index (χ4v) is 2.32. The SMILES string of the molecule is CCC(N)Cc1cc(Br)ccc1OCC(=O)NC1CC1. The van der Waals surface area contributed by atoms with Gasteiger partial charge in [0.1, 0.15) is 5.75 Å². The number of halogens is 1. The zero-order valence-electron chi connectivity index (χ0n) is 11.7. The normalized spacial score (nSPS) is 15.8. The minimum Gasteiger partial charge on any atom is -0.483 e. The number of carbonyl (C=O) groups is 1. The van der Waals surface area contributed by atoms with Gasteiger partial charge in [0, 0.05) is 16.6 Å². The molecule has 1 fully saturated rings. The van der Waals surface area contributed by atoms with Crippen molar-refractivity contribution in [1.29, 1.82) is 0 Å². The molecule has 0 aliphatic heterocycles. The largest absolute Gasteiger partial charge is 0.483 e. The van der Waals surface area contributed by atoms with Gasteiger partial charge in [-0.1, -0.05) is 22.9 Å². The van der Waals surface area contributed by atoms with Crippen molar-refractivity contribution in [3.05, 3.63) is 28.2 Å². The van der Waals surface area contributed by atoms with Gasteiger partial charge < -0.3 is 15.8 Å². The van der Waals surface area contributed by atoms with Crippen LogP contribution in [0.4, 0.5) is 0 Å². The number of nitrogens with one attached hydrogen (secondary N) is 1. The summed E-state index contributed by atoms with van der Waals surface area (Å²) in [4.78, 5) is 11.7. The molecule has 0 bridgehead atoms. The second-order valence-corrected chi connectivity index (χ2v) is 6.17. The lowest BCUT2D eigenvalue weighted by Gasteiger charge is -2.15. The molecule has 0 heterocycles. The highest BCUT2D eigenvalue weighted by atomic mass is 79.9. The minimum absolute atomic E-state index is 0.0545. The first-order chi connectivity index (χ1) is 9.58. The van der Waals surface area contributed by atoms with E-state index >= 15 is 0 Å². The summed E-state index contributed by atoms with van der Waals surface area (Å²) < 4.78 is 6.63. The fourth-order valence-electron chi connectivity index (χ4n) is 1.92. The van der Waals surface area contributed by atoms with E-state index in [0.29, 0.717) is 6.04 Å². The number of ether oxygens (including phenoxy) is 1. The summed E-state index contributed by atoms with van der Waals surface area (Å²) in [5.41, 5.74) is 7.04. The lowest BCUT2D eigenvalue weighted by Crippen LogP contribution is -2.30. The summed E-state index contributed by atoms with van der Waals surface area (Å²) in [5, 5.41) is 2.91. The van der Waals surface area contributed by atoms with Crippen LogP contribution in [0.1, 0.15) is 31.7 Å². The van der Waals surface area contributed by atoms with Gasteiger partial charge in [-0.05, 0) is 49.4 Å². The number of hydrogen-bond acceptors (Lipinski definition) is 3. The molecule has 1 aromatic carbocycles. The standard InChI is InChI=1S/C15H21BrN2O2/c1-2-12(17)8-10-7-11(16)3-6-14(10)20-9-15(19)18-13-4-5-13/h3,6-7,12-13H,2,4-5,8-9,17H2,1H3,(H,18,19). The minimum atomic E-state index is -0.0545. The van der Waals surface area contributed by atoms with Crippen molar-refractivity contribution in [2.24, 2.45) is 5.73 Å². The topological polar surface area (TPSA) is 64.3 Å². The van der Waals surface area contributed by atoms with Crippen LogP contribution in [0.25, 0.3) is 0 Å². The molecule has 20 heavy (non-hydrogen) atoms. The van der Waals surface area contributed by atoms with Crippen LogP contribution in [0.15, 0.2) is 22.7 Å². The predicted molar refractivity (Wildman–Crippen MR) is 82.8 cm³/mol. The van der Waals surface area contributed by atoms with Crippen molar-refractivity contribution in [2.45, 2.75) is 44.7 Å². The Bertz CT molecular complexity index is 475. The fraction of sp³-hybridized carbons (Fsp3) is 0.533. The van der Waals surface area contributed by atoms with E-state index in [1.807, 2.05) is 18.2 Å². The Labute approximate surface area is 128 Å². The zero-order valence-corrected chi connectivity index (χ0v) is 13.3. The second kappa shape index (κ2) is 7.09. The van der Waals surface area contributed by atoms with Crippen LogP contribution >= 0.6 is 15.9 Å².